The first kappa shape index (κ1) is 22.0. The van der Waals surface area contributed by atoms with E-state index in [9.17, 15) is 9.90 Å². The van der Waals surface area contributed by atoms with E-state index < -0.39 is 6.29 Å². The van der Waals surface area contributed by atoms with Crippen LogP contribution < -0.4 is 0 Å². The Balaban J connectivity index is 1.49. The summed E-state index contributed by atoms with van der Waals surface area (Å²) in [4.78, 5) is 14.8. The van der Waals surface area contributed by atoms with Gasteiger partial charge in [0.1, 0.15) is 0 Å². The Hall–Kier alpha value is -2.19. The van der Waals surface area contributed by atoms with Gasteiger partial charge in [-0.1, -0.05) is 52.3 Å². The average molecular weight is 488 g/mol. The van der Waals surface area contributed by atoms with E-state index in [0.29, 0.717) is 45.1 Å². The number of hydrogen-bond donors (Lipinski definition) is 1. The Labute approximate surface area is 190 Å². The van der Waals surface area contributed by atoms with E-state index in [2.05, 4.69) is 28.1 Å². The molecule has 0 aromatic heterocycles. The lowest BCUT2D eigenvalue weighted by molar-refractivity contribution is -0.158. The summed E-state index contributed by atoms with van der Waals surface area (Å²) in [6.45, 7) is 2.58. The second kappa shape index (κ2) is 10.4. The molecule has 2 atom stereocenters. The van der Waals surface area contributed by atoms with Crippen molar-refractivity contribution in [2.24, 2.45) is 0 Å². The maximum atomic E-state index is 13.1. The molecule has 4 rings (SSSR count). The number of carbonyl (C=O) groups excluding carboxylic acids is 1. The number of benzene rings is 2. The molecule has 0 bridgehead atoms. The molecule has 1 saturated heterocycles. The Morgan fingerprint density at radius 2 is 1.74 bits per heavy atom. The summed E-state index contributed by atoms with van der Waals surface area (Å²) in [5.74, 6) is 0.233. The normalized spacial score (nSPS) is 21.4. The Kier molecular flexibility index (Phi) is 7.40. The number of nitrogens with zero attached hydrogens (tertiary/aromatic N) is 1. The van der Waals surface area contributed by atoms with Crippen molar-refractivity contribution in [3.8, 4) is 0 Å². The summed E-state index contributed by atoms with van der Waals surface area (Å²) >= 11 is 3.48. The second-order valence-electron chi connectivity index (χ2n) is 7.66. The van der Waals surface area contributed by atoms with Crippen molar-refractivity contribution in [3.05, 3.63) is 81.5 Å². The maximum Gasteiger partial charge on any atom is 0.288 e. The van der Waals surface area contributed by atoms with Gasteiger partial charge in [0.05, 0.1) is 26.4 Å². The third-order valence-electron chi connectivity index (χ3n) is 5.51. The molecule has 164 valence electrons. The fraction of sp³-hybridized carbons (Fsp3) is 0.375. The van der Waals surface area contributed by atoms with Crippen molar-refractivity contribution in [2.75, 3.05) is 26.3 Å². The largest absolute Gasteiger partial charge is 0.459 e. The molecule has 0 aliphatic carbocycles. The SMILES string of the molecule is O=C(C1=C[C@H](c2ccc(Br)cc2)C[C@H](OCc2ccc(CO)cc2)O1)N1CCOCC1. The van der Waals surface area contributed by atoms with E-state index in [1.807, 2.05) is 42.5 Å². The molecule has 7 heteroatoms. The molecule has 0 spiro atoms. The van der Waals surface area contributed by atoms with Gasteiger partial charge in [-0.2, -0.15) is 0 Å². The standard InChI is InChI=1S/C24H26BrNO5/c25-21-7-5-19(6-8-21)20-13-22(24(28)26-9-11-29-12-10-26)31-23(14-20)30-16-18-3-1-17(15-27)2-4-18/h1-8,13,20,23,27H,9-12,14-16H2/t20-,23+/m0/s1. The molecule has 6 nitrogen and oxygen atoms in total. The van der Waals surface area contributed by atoms with Crippen LogP contribution in [-0.4, -0.2) is 48.5 Å². The number of allylic oxidation sites excluding steroid dienone is 1. The van der Waals surface area contributed by atoms with E-state index in [1.54, 1.807) is 4.90 Å². The van der Waals surface area contributed by atoms with Crippen molar-refractivity contribution in [1.82, 2.24) is 4.90 Å². The Morgan fingerprint density at radius 1 is 1.06 bits per heavy atom. The molecule has 2 aliphatic rings. The highest BCUT2D eigenvalue weighted by Gasteiger charge is 2.31. The number of halogens is 1. The van der Waals surface area contributed by atoms with Crippen molar-refractivity contribution in [2.45, 2.75) is 31.8 Å². The Morgan fingerprint density at radius 3 is 2.42 bits per heavy atom. The summed E-state index contributed by atoms with van der Waals surface area (Å²) in [6, 6.07) is 15.7. The predicted molar refractivity (Wildman–Crippen MR) is 119 cm³/mol. The zero-order valence-corrected chi connectivity index (χ0v) is 18.8. The lowest BCUT2D eigenvalue weighted by atomic mass is 9.93. The summed E-state index contributed by atoms with van der Waals surface area (Å²) < 4.78 is 18.4. The van der Waals surface area contributed by atoms with Gasteiger partial charge in [-0.05, 0) is 34.9 Å². The van der Waals surface area contributed by atoms with Crippen molar-refractivity contribution >= 4 is 21.8 Å². The van der Waals surface area contributed by atoms with Crippen LogP contribution in [0.25, 0.3) is 0 Å². The highest BCUT2D eigenvalue weighted by atomic mass is 79.9. The first-order valence-electron chi connectivity index (χ1n) is 10.4. The smallest absolute Gasteiger partial charge is 0.288 e. The third-order valence-corrected chi connectivity index (χ3v) is 6.03. The van der Waals surface area contributed by atoms with Gasteiger partial charge in [0, 0.05) is 29.9 Å². The zero-order chi connectivity index (χ0) is 21.6. The van der Waals surface area contributed by atoms with Crippen molar-refractivity contribution in [1.29, 1.82) is 0 Å². The molecular formula is C24H26BrNO5. The number of hydrogen-bond acceptors (Lipinski definition) is 5. The minimum atomic E-state index is -0.531. The number of ether oxygens (including phenoxy) is 3. The number of rotatable bonds is 6. The summed E-state index contributed by atoms with van der Waals surface area (Å²) in [7, 11) is 0. The first-order valence-corrected chi connectivity index (χ1v) is 11.2. The molecule has 2 aromatic carbocycles. The minimum absolute atomic E-state index is 0.0134. The fourth-order valence-corrected chi connectivity index (χ4v) is 3.97. The second-order valence-corrected chi connectivity index (χ2v) is 8.58. The summed E-state index contributed by atoms with van der Waals surface area (Å²) in [5, 5.41) is 9.20. The van der Waals surface area contributed by atoms with Gasteiger partial charge >= 0.3 is 0 Å². The average Bonchev–Trinajstić information content (AvgIpc) is 2.83. The molecule has 1 fully saturated rings. The number of amides is 1. The van der Waals surface area contributed by atoms with E-state index in [0.717, 1.165) is 21.2 Å². The van der Waals surface area contributed by atoms with Crippen LogP contribution in [0.1, 0.15) is 29.0 Å². The van der Waals surface area contributed by atoms with Crippen molar-refractivity contribution < 1.29 is 24.1 Å². The summed E-state index contributed by atoms with van der Waals surface area (Å²) in [5.41, 5.74) is 2.95. The van der Waals surface area contributed by atoms with Crippen LogP contribution in [0.15, 0.2) is 64.8 Å². The third kappa shape index (κ3) is 5.74. The van der Waals surface area contributed by atoms with E-state index in [-0.39, 0.29) is 18.4 Å². The minimum Gasteiger partial charge on any atom is -0.459 e. The molecule has 0 saturated carbocycles. The molecule has 2 heterocycles. The highest BCUT2D eigenvalue weighted by molar-refractivity contribution is 9.10. The van der Waals surface area contributed by atoms with Gasteiger partial charge in [0.15, 0.2) is 5.76 Å². The van der Waals surface area contributed by atoms with Crippen molar-refractivity contribution in [3.63, 3.8) is 0 Å². The molecule has 2 aromatic rings. The fourth-order valence-electron chi connectivity index (χ4n) is 3.71. The van der Waals surface area contributed by atoms with E-state index in [4.69, 9.17) is 14.2 Å². The molecule has 0 unspecified atom stereocenters. The molecule has 31 heavy (non-hydrogen) atoms. The molecule has 2 aliphatic heterocycles. The van der Waals surface area contributed by atoms with Gasteiger partial charge in [-0.25, -0.2) is 0 Å². The van der Waals surface area contributed by atoms with Crippen LogP contribution in [0.2, 0.25) is 0 Å². The molecular weight excluding hydrogens is 462 g/mol. The van der Waals surface area contributed by atoms with Gasteiger partial charge < -0.3 is 24.2 Å². The lowest BCUT2D eigenvalue weighted by Gasteiger charge is -2.33. The molecule has 1 amide bonds. The van der Waals surface area contributed by atoms with Crippen LogP contribution in [0.3, 0.4) is 0 Å². The van der Waals surface area contributed by atoms with Crippen LogP contribution in [-0.2, 0) is 32.2 Å². The van der Waals surface area contributed by atoms with Crippen LogP contribution in [0.4, 0.5) is 0 Å². The lowest BCUT2D eigenvalue weighted by Crippen LogP contribution is -2.43. The number of carbonyl (C=O) groups is 1. The maximum absolute atomic E-state index is 13.1. The molecule has 0 radical (unpaired) electrons. The predicted octanol–water partition coefficient (Wildman–Crippen LogP) is 3.73. The van der Waals surface area contributed by atoms with Crippen LogP contribution >= 0.6 is 15.9 Å². The van der Waals surface area contributed by atoms with Gasteiger partial charge in [-0.15, -0.1) is 0 Å². The van der Waals surface area contributed by atoms with Gasteiger partial charge in [0.2, 0.25) is 6.29 Å². The number of aliphatic hydroxyl groups excluding tert-OH is 1. The van der Waals surface area contributed by atoms with Crippen LogP contribution in [0, 0.1) is 0 Å². The summed E-state index contributed by atoms with van der Waals surface area (Å²) in [6.07, 6.45) is 2.00. The van der Waals surface area contributed by atoms with Gasteiger partial charge in [0.25, 0.3) is 5.91 Å². The number of morpholine rings is 1. The Bertz CT molecular complexity index is 907. The molecule has 1 N–H and O–H groups in total. The highest BCUT2D eigenvalue weighted by Crippen LogP contribution is 2.33. The van der Waals surface area contributed by atoms with Gasteiger partial charge in [-0.3, -0.25) is 4.79 Å². The van der Waals surface area contributed by atoms with E-state index in [1.165, 1.54) is 0 Å². The quantitative estimate of drug-likeness (QED) is 0.672. The monoisotopic (exact) mass is 487 g/mol. The first-order chi connectivity index (χ1) is 15.1. The zero-order valence-electron chi connectivity index (χ0n) is 17.2. The topological polar surface area (TPSA) is 68.2 Å². The number of aliphatic hydroxyl groups is 1. The van der Waals surface area contributed by atoms with Crippen LogP contribution in [0.5, 0.6) is 0 Å². The van der Waals surface area contributed by atoms with E-state index >= 15 is 0 Å².